The number of carbonyl (C=O) groups excluding carboxylic acids is 2. The van der Waals surface area contributed by atoms with E-state index in [4.69, 9.17) is 30.1 Å². The number of esters is 2. The first-order valence-corrected chi connectivity index (χ1v) is 24.9. The zero-order chi connectivity index (χ0) is 47.3. The van der Waals surface area contributed by atoms with E-state index in [1.54, 1.807) is 6.92 Å². The summed E-state index contributed by atoms with van der Waals surface area (Å²) in [5.74, 6) is 0.106. The van der Waals surface area contributed by atoms with E-state index in [0.717, 1.165) is 64.9 Å². The number of ether oxygens (including phenoxy) is 2. The second kappa shape index (κ2) is 23.6. The second-order valence-electron chi connectivity index (χ2n) is 20.5. The van der Waals surface area contributed by atoms with Gasteiger partial charge in [-0.15, -0.1) is 22.4 Å². The van der Waals surface area contributed by atoms with E-state index >= 15 is 0 Å². The Hall–Kier alpha value is -3.67. The van der Waals surface area contributed by atoms with E-state index in [9.17, 15) is 19.8 Å². The molecule has 2 fully saturated rings. The molecular weight excluding hydrogens is 837 g/mol. The van der Waals surface area contributed by atoms with Crippen molar-refractivity contribution >= 4 is 64.6 Å². The Morgan fingerprint density at radius 1 is 0.818 bits per heavy atom. The molecule has 1 aliphatic carbocycles. The molecule has 0 amide bonds. The molecule has 5 heterocycles. The zero-order valence-electron chi connectivity index (χ0n) is 42.3. The minimum Gasteiger partial charge on any atom is -0.681 e. The first-order valence-electron chi connectivity index (χ1n) is 24.9. The maximum Gasteiger partial charge on any atom is 2.00 e. The average Bonchev–Trinajstić information content (AvgIpc) is 4.00. The van der Waals surface area contributed by atoms with Crippen molar-refractivity contribution in [3.8, 4) is 0 Å². The second-order valence-corrected chi connectivity index (χ2v) is 20.5. The van der Waals surface area contributed by atoms with Crippen LogP contribution in [0.4, 0.5) is 0 Å². The molecule has 0 aromatic carbocycles. The third-order valence-electron chi connectivity index (χ3n) is 15.1. The molecule has 2 N–H and O–H groups in total. The van der Waals surface area contributed by atoms with Crippen LogP contribution >= 0.6 is 0 Å². The van der Waals surface area contributed by atoms with Gasteiger partial charge in [0.05, 0.1) is 13.2 Å². The van der Waals surface area contributed by atoms with Gasteiger partial charge in [0.25, 0.3) is 0 Å². The van der Waals surface area contributed by atoms with Gasteiger partial charge in [-0.05, 0) is 100 Å². The van der Waals surface area contributed by atoms with Gasteiger partial charge >= 0.3 is 35.0 Å². The molecule has 358 valence electrons. The van der Waals surface area contributed by atoms with Crippen molar-refractivity contribution in [3.05, 3.63) is 83.7 Å². The summed E-state index contributed by atoms with van der Waals surface area (Å²) in [5, 5.41) is 34.5. The van der Waals surface area contributed by atoms with Crippen LogP contribution in [0.1, 0.15) is 179 Å². The number of hydrogen-bond donors (Lipinski definition) is 2. The van der Waals surface area contributed by atoms with Crippen molar-refractivity contribution in [2.24, 2.45) is 47.3 Å². The van der Waals surface area contributed by atoms with Crippen molar-refractivity contribution in [2.45, 2.75) is 165 Å². The van der Waals surface area contributed by atoms with Crippen LogP contribution in [0.2, 0.25) is 0 Å². The molecule has 66 heavy (non-hydrogen) atoms. The Balaban J connectivity index is 0.00000817. The van der Waals surface area contributed by atoms with E-state index in [1.807, 2.05) is 38.2 Å². The quantitative estimate of drug-likeness (QED) is 0.0757. The Kier molecular flexibility index (Phi) is 19.0. The molecule has 2 aromatic heterocycles. The van der Waals surface area contributed by atoms with E-state index in [-0.39, 0.29) is 71.5 Å². The van der Waals surface area contributed by atoms with Gasteiger partial charge < -0.3 is 40.3 Å². The molecule has 0 saturated carbocycles. The molecule has 3 aliphatic heterocycles. The van der Waals surface area contributed by atoms with Gasteiger partial charge in [-0.2, -0.15) is 17.1 Å². The van der Waals surface area contributed by atoms with Crippen LogP contribution in [0.25, 0.3) is 40.2 Å². The summed E-state index contributed by atoms with van der Waals surface area (Å²) in [6.07, 6.45) is 20.0. The molecule has 2 aromatic rings. The molecule has 6 rings (SSSR count). The van der Waals surface area contributed by atoms with Crippen LogP contribution < -0.4 is 20.5 Å². The number of aliphatic hydroxyl groups is 2. The fourth-order valence-corrected chi connectivity index (χ4v) is 11.0. The summed E-state index contributed by atoms with van der Waals surface area (Å²) in [6.45, 7) is 23.8. The predicted molar refractivity (Wildman–Crippen MR) is 268 cm³/mol. The molecule has 0 radical (unpaired) electrons. The number of aliphatic hydroxyl groups excluding tert-OH is 2. The molecule has 8 bridgehead atoms. The molecular formula is C55H78MgN4O6-2. The van der Waals surface area contributed by atoms with Crippen LogP contribution in [-0.4, -0.2) is 65.0 Å². The summed E-state index contributed by atoms with van der Waals surface area (Å²) in [5.41, 5.74) is 8.80. The fraction of sp³-hybridized carbons (Fsp3) is 0.636. The largest absolute Gasteiger partial charge is 2.00 e. The number of nitrogens with zero attached hydrogens (tertiary/aromatic N) is 4. The summed E-state index contributed by atoms with van der Waals surface area (Å²) in [7, 11) is 1.33. The average molecular weight is 916 g/mol. The predicted octanol–water partition coefficient (Wildman–Crippen LogP) is 11.0. The van der Waals surface area contributed by atoms with Crippen molar-refractivity contribution in [1.29, 1.82) is 0 Å². The number of aromatic nitrogens is 2. The Labute approximate surface area is 411 Å². The van der Waals surface area contributed by atoms with E-state index in [0.29, 0.717) is 45.6 Å². The van der Waals surface area contributed by atoms with Gasteiger partial charge in [-0.1, -0.05) is 146 Å². The topological polar surface area (TPSA) is 149 Å². The SMILES string of the molecule is CC[C@H]1/C2=C/c3[n-]c4c(c3C)=C(O)[C@H](C(=O)OC)C=4C3[N-]/C(=C\c4[n-]c(c([C@H](C)O)c4C)/C=C(\[N-]2)[C@@H]1C)[C@@H](C)[C@@H]3CCC(=O)OC/C=C(\C)CCC[C@H](C)CCC[C@H](C)CCCC(C)C.[Mg+2]. The molecule has 2 saturated heterocycles. The van der Waals surface area contributed by atoms with Gasteiger partial charge in [0.1, 0.15) is 18.3 Å². The smallest absolute Gasteiger partial charge is 0.681 e. The summed E-state index contributed by atoms with van der Waals surface area (Å²) < 4.78 is 11.1. The number of fused-ring (bicyclic) bond motifs is 8. The molecule has 4 aliphatic rings. The van der Waals surface area contributed by atoms with E-state index in [2.05, 4.69) is 55.4 Å². The minimum atomic E-state index is -1.09. The number of allylic oxidation sites excluding steroid dienone is 4. The number of carbonyl (C=O) groups is 2. The molecule has 1 unspecified atom stereocenters. The van der Waals surface area contributed by atoms with Crippen LogP contribution in [0, 0.1) is 61.2 Å². The Bertz CT molecular complexity index is 2290. The molecule has 10 nitrogen and oxygen atoms in total. The first kappa shape index (κ1) is 53.3. The fourth-order valence-electron chi connectivity index (χ4n) is 11.0. The van der Waals surface area contributed by atoms with E-state index < -0.39 is 24.0 Å². The molecule has 9 atom stereocenters. The zero-order valence-corrected chi connectivity index (χ0v) is 43.7. The minimum absolute atomic E-state index is 0. The van der Waals surface area contributed by atoms with Crippen LogP contribution in [0.15, 0.2) is 28.7 Å². The molecule has 11 heteroatoms. The third-order valence-corrected chi connectivity index (χ3v) is 15.1. The van der Waals surface area contributed by atoms with Gasteiger partial charge in [0.15, 0.2) is 0 Å². The maximum absolute atomic E-state index is 13.7. The van der Waals surface area contributed by atoms with Crippen LogP contribution in [0.5, 0.6) is 0 Å². The number of hydrogen-bond acceptors (Lipinski definition) is 6. The standard InChI is InChI=1S/C55H78N4O6.Mg/c1-13-39-34(7)41-29-46-48(38(11)60)36(9)43(57-46)27-42-35(8)40(52(58-42)50-51(55(63)64-12)54(62)49-37(10)44(59-53(49)50)28-45(39)56-41)23-24-47(61)65-26-25-33(6)22-16-21-32(5)20-15-19-31(4)18-14-17-30(2)3;/h25,27-32,34-35,38-40,51-52,60,62H,13-24,26H2,1-12H3;/q-4;+2/b33-25+,41-29-,42-27-,45-28-;/t31-,32-,34-,35+,38+,39-,40+,51-,52?;/m1./s1. The monoisotopic (exact) mass is 915 g/mol. The van der Waals surface area contributed by atoms with Gasteiger partial charge in [0, 0.05) is 11.6 Å². The normalized spacial score (nSPS) is 26.0. The van der Waals surface area contributed by atoms with Crippen molar-refractivity contribution in [2.75, 3.05) is 13.7 Å². The van der Waals surface area contributed by atoms with E-state index in [1.165, 1.54) is 57.6 Å². The van der Waals surface area contributed by atoms with Crippen molar-refractivity contribution in [1.82, 2.24) is 9.97 Å². The number of rotatable bonds is 20. The third kappa shape index (κ3) is 11.9. The summed E-state index contributed by atoms with van der Waals surface area (Å²) in [6, 6.07) is -0.598. The number of methoxy groups -OCH3 is 1. The van der Waals surface area contributed by atoms with Crippen molar-refractivity contribution in [3.63, 3.8) is 0 Å². The Morgan fingerprint density at radius 3 is 2.08 bits per heavy atom. The van der Waals surface area contributed by atoms with Gasteiger partial charge in [-0.3, -0.25) is 9.59 Å². The molecule has 0 spiro atoms. The van der Waals surface area contributed by atoms with Gasteiger partial charge in [-0.25, -0.2) is 0 Å². The van der Waals surface area contributed by atoms with Gasteiger partial charge in [0.2, 0.25) is 0 Å². The van der Waals surface area contributed by atoms with Crippen LogP contribution in [-0.2, 0) is 19.1 Å². The summed E-state index contributed by atoms with van der Waals surface area (Å²) >= 11 is 0. The first-order chi connectivity index (χ1) is 30.9. The van der Waals surface area contributed by atoms with Crippen molar-refractivity contribution < 1.29 is 29.3 Å². The summed E-state index contributed by atoms with van der Waals surface area (Å²) in [4.78, 5) is 37.4. The Morgan fingerprint density at radius 2 is 1.44 bits per heavy atom. The maximum atomic E-state index is 13.7. The van der Waals surface area contributed by atoms with Crippen LogP contribution in [0.3, 0.4) is 0 Å².